The standard InChI is InChI=1S/C44H59Cl5F6O6/c1-4-5-6-7-12-22-29-34(46)36(48)38(61-40(57)42(59-3,44(53,54)55)32-26-19-16-20-27-32)37(49)35(47)33(45)28-21-13-10-8-9-11-14-23-30-60-39(56)41(58-2,43(50,51)52)31-24-17-15-18-25-31/h15-20,24-27,33-38H,4-14,21-23,28-30H2,1-3H3/t33-,34+,35+,36-,37-,38-,41-,42-/m1/s1. The summed E-state index contributed by atoms with van der Waals surface area (Å²) in [5.41, 5.74) is -7.58. The first-order valence-corrected chi connectivity index (χ1v) is 23.0. The highest BCUT2D eigenvalue weighted by Crippen LogP contribution is 2.45. The number of hydrogen-bond acceptors (Lipinski definition) is 6. The van der Waals surface area contributed by atoms with E-state index in [1.807, 2.05) is 0 Å². The van der Waals surface area contributed by atoms with Crippen molar-refractivity contribution in [2.75, 3.05) is 20.8 Å². The summed E-state index contributed by atoms with van der Waals surface area (Å²) in [7, 11) is 1.58. The Morgan fingerprint density at radius 1 is 0.525 bits per heavy atom. The van der Waals surface area contributed by atoms with Crippen molar-refractivity contribution in [1.29, 1.82) is 0 Å². The minimum Gasteiger partial charge on any atom is -0.463 e. The fourth-order valence-electron chi connectivity index (χ4n) is 7.08. The van der Waals surface area contributed by atoms with E-state index in [4.69, 9.17) is 77.0 Å². The molecule has 348 valence electrons. The molecule has 0 spiro atoms. The SMILES string of the molecule is CCCCCCCC[C@H](Cl)[C@@H](Cl)[C@@H](OC(=O)[C@](OC)(c1ccccc1)C(F)(F)F)[C@H](Cl)[C@@H](Cl)[C@H](Cl)CCCCCCCCCCOC(=O)[C@](OC)(c1ccccc1)C(F)(F)F. The van der Waals surface area contributed by atoms with Crippen LogP contribution in [0, 0.1) is 0 Å². The van der Waals surface area contributed by atoms with Gasteiger partial charge in [0.15, 0.2) is 0 Å². The summed E-state index contributed by atoms with van der Waals surface area (Å²) in [6.07, 6.45) is 0.418. The number of unbranched alkanes of at least 4 members (excludes halogenated alkanes) is 12. The molecule has 0 unspecified atom stereocenters. The number of carbonyl (C=O) groups is 2. The van der Waals surface area contributed by atoms with Gasteiger partial charge >= 0.3 is 24.3 Å². The van der Waals surface area contributed by atoms with Crippen LogP contribution in [0.2, 0.25) is 0 Å². The molecule has 2 aromatic carbocycles. The monoisotopic (exact) mass is 972 g/mol. The molecule has 0 aliphatic carbocycles. The van der Waals surface area contributed by atoms with E-state index in [0.717, 1.165) is 103 Å². The van der Waals surface area contributed by atoms with Crippen LogP contribution in [0.15, 0.2) is 60.7 Å². The summed E-state index contributed by atoms with van der Waals surface area (Å²) < 4.78 is 107. The van der Waals surface area contributed by atoms with Crippen LogP contribution < -0.4 is 0 Å². The quantitative estimate of drug-likeness (QED) is 0.0336. The zero-order valence-corrected chi connectivity index (χ0v) is 38.6. The maximum absolute atomic E-state index is 14.8. The molecule has 0 fully saturated rings. The van der Waals surface area contributed by atoms with E-state index in [-0.39, 0.29) is 12.2 Å². The molecule has 6 nitrogen and oxygen atoms in total. The number of benzene rings is 2. The number of methoxy groups -OCH3 is 2. The molecule has 2 rings (SSSR count). The second-order valence-electron chi connectivity index (χ2n) is 15.0. The molecule has 0 aromatic heterocycles. The van der Waals surface area contributed by atoms with Gasteiger partial charge in [0.25, 0.3) is 11.2 Å². The van der Waals surface area contributed by atoms with Gasteiger partial charge in [-0.25, -0.2) is 9.59 Å². The fourth-order valence-corrected chi connectivity index (χ4v) is 8.82. The van der Waals surface area contributed by atoms with Crippen LogP contribution in [-0.4, -0.2) is 78.1 Å². The molecular weight excluding hydrogens is 916 g/mol. The fraction of sp³-hybridized carbons (Fsp3) is 0.682. The number of hydrogen-bond donors (Lipinski definition) is 0. The van der Waals surface area contributed by atoms with E-state index in [0.29, 0.717) is 38.5 Å². The lowest BCUT2D eigenvalue weighted by molar-refractivity contribution is -0.278. The summed E-state index contributed by atoms with van der Waals surface area (Å²) in [4.78, 5) is 26.4. The average molecular weight is 975 g/mol. The van der Waals surface area contributed by atoms with Crippen LogP contribution in [-0.2, 0) is 39.7 Å². The Morgan fingerprint density at radius 3 is 1.31 bits per heavy atom. The lowest BCUT2D eigenvalue weighted by Crippen LogP contribution is -2.55. The maximum Gasteiger partial charge on any atom is 0.432 e. The van der Waals surface area contributed by atoms with E-state index in [1.165, 1.54) is 36.4 Å². The minimum atomic E-state index is -5.24. The van der Waals surface area contributed by atoms with Gasteiger partial charge in [0, 0.05) is 25.3 Å². The second-order valence-corrected chi connectivity index (χ2v) is 17.7. The molecule has 0 aliphatic rings. The van der Waals surface area contributed by atoms with E-state index in [2.05, 4.69) is 6.92 Å². The van der Waals surface area contributed by atoms with Crippen molar-refractivity contribution in [2.24, 2.45) is 0 Å². The first-order chi connectivity index (χ1) is 28.9. The summed E-state index contributed by atoms with van der Waals surface area (Å²) in [6.45, 7) is 1.92. The van der Waals surface area contributed by atoms with Crippen molar-refractivity contribution in [3.63, 3.8) is 0 Å². The average Bonchev–Trinajstić information content (AvgIpc) is 3.22. The summed E-state index contributed by atoms with van der Waals surface area (Å²) in [6, 6.07) is 13.0. The highest BCUT2D eigenvalue weighted by molar-refractivity contribution is 6.36. The number of alkyl halides is 11. The topological polar surface area (TPSA) is 71.1 Å². The number of ether oxygens (including phenoxy) is 4. The van der Waals surface area contributed by atoms with Crippen molar-refractivity contribution in [3.8, 4) is 0 Å². The zero-order chi connectivity index (χ0) is 45.7. The van der Waals surface area contributed by atoms with Crippen LogP contribution in [0.4, 0.5) is 26.3 Å². The van der Waals surface area contributed by atoms with E-state index < -0.39 is 74.0 Å². The Hall–Kier alpha value is -1.67. The van der Waals surface area contributed by atoms with Crippen molar-refractivity contribution in [2.45, 2.75) is 166 Å². The molecule has 0 heterocycles. The third kappa shape index (κ3) is 15.8. The van der Waals surface area contributed by atoms with Crippen molar-refractivity contribution < 1.29 is 54.9 Å². The van der Waals surface area contributed by atoms with Crippen LogP contribution in [0.5, 0.6) is 0 Å². The predicted molar refractivity (Wildman–Crippen MR) is 231 cm³/mol. The van der Waals surface area contributed by atoms with Crippen LogP contribution in [0.1, 0.15) is 121 Å². The van der Waals surface area contributed by atoms with Crippen molar-refractivity contribution in [3.05, 3.63) is 71.8 Å². The second kappa shape index (κ2) is 27.6. The Labute approximate surface area is 381 Å². The van der Waals surface area contributed by atoms with Crippen LogP contribution in [0.3, 0.4) is 0 Å². The van der Waals surface area contributed by atoms with Gasteiger partial charge in [0.05, 0.1) is 33.5 Å². The number of halogens is 11. The molecule has 0 radical (unpaired) electrons. The number of rotatable bonds is 30. The molecule has 17 heteroatoms. The van der Waals surface area contributed by atoms with Gasteiger partial charge in [-0.1, -0.05) is 151 Å². The largest absolute Gasteiger partial charge is 0.463 e. The number of carbonyl (C=O) groups excluding carboxylic acids is 2. The van der Waals surface area contributed by atoms with Gasteiger partial charge in [-0.2, -0.15) is 26.3 Å². The Balaban J connectivity index is 1.94. The molecule has 0 bridgehead atoms. The van der Waals surface area contributed by atoms with E-state index in [9.17, 15) is 35.9 Å². The Kier molecular flexibility index (Phi) is 25.1. The first-order valence-electron chi connectivity index (χ1n) is 20.8. The summed E-state index contributed by atoms with van der Waals surface area (Å²) in [5.74, 6) is -3.29. The Bertz CT molecular complexity index is 1530. The normalized spacial score (nSPS) is 17.3. The first kappa shape index (κ1) is 55.5. The summed E-state index contributed by atoms with van der Waals surface area (Å²) in [5, 5.41) is -5.26. The van der Waals surface area contributed by atoms with Gasteiger partial charge < -0.3 is 18.9 Å². The molecule has 8 atom stereocenters. The van der Waals surface area contributed by atoms with Crippen molar-refractivity contribution >= 4 is 69.9 Å². The van der Waals surface area contributed by atoms with Gasteiger partial charge in [-0.15, -0.1) is 58.0 Å². The van der Waals surface area contributed by atoms with Gasteiger partial charge in [0.2, 0.25) is 0 Å². The minimum absolute atomic E-state index is 0.192. The lowest BCUT2D eigenvalue weighted by Gasteiger charge is -2.37. The lowest BCUT2D eigenvalue weighted by atomic mass is 9.92. The third-order valence-corrected chi connectivity index (χ3v) is 13.7. The van der Waals surface area contributed by atoms with Gasteiger partial charge in [-0.05, 0) is 19.3 Å². The van der Waals surface area contributed by atoms with Gasteiger partial charge in [-0.3, -0.25) is 0 Å². The zero-order valence-electron chi connectivity index (χ0n) is 34.9. The van der Waals surface area contributed by atoms with Gasteiger partial charge in [0.1, 0.15) is 6.10 Å². The molecule has 2 aromatic rings. The molecule has 0 amide bonds. The van der Waals surface area contributed by atoms with Crippen LogP contribution >= 0.6 is 58.0 Å². The highest BCUT2D eigenvalue weighted by Gasteiger charge is 2.65. The smallest absolute Gasteiger partial charge is 0.432 e. The molecule has 61 heavy (non-hydrogen) atoms. The number of esters is 2. The molecule has 0 aliphatic heterocycles. The van der Waals surface area contributed by atoms with E-state index >= 15 is 0 Å². The molecule has 0 N–H and O–H groups in total. The molecule has 0 saturated heterocycles. The summed E-state index contributed by atoms with van der Waals surface area (Å²) >= 11 is 33.8. The maximum atomic E-state index is 14.8. The van der Waals surface area contributed by atoms with Crippen molar-refractivity contribution in [1.82, 2.24) is 0 Å². The van der Waals surface area contributed by atoms with Crippen LogP contribution in [0.25, 0.3) is 0 Å². The predicted octanol–water partition coefficient (Wildman–Crippen LogP) is 13.9. The van der Waals surface area contributed by atoms with E-state index in [1.54, 1.807) is 0 Å². The third-order valence-electron chi connectivity index (χ3n) is 10.7. The molecule has 0 saturated carbocycles. The molecular formula is C44H59Cl5F6O6. The Morgan fingerprint density at radius 2 is 0.902 bits per heavy atom. The highest BCUT2D eigenvalue weighted by atomic mass is 35.5.